The number of carboxylic acid groups (broad SMARTS) is 1. The van der Waals surface area contributed by atoms with Crippen LogP contribution < -0.4 is 30.7 Å². The van der Waals surface area contributed by atoms with Gasteiger partial charge >= 0.3 is 18.2 Å². The average molecular weight is 1040 g/mol. The highest BCUT2D eigenvalue weighted by atomic mass is 28.4. The van der Waals surface area contributed by atoms with Gasteiger partial charge in [-0.3, -0.25) is 9.59 Å². The number of carbonyl (C=O) groups is 5. The Balaban J connectivity index is 1.29. The summed E-state index contributed by atoms with van der Waals surface area (Å²) in [6, 6.07) is 43.9. The molecule has 1 aliphatic heterocycles. The molecule has 0 radical (unpaired) electrons. The van der Waals surface area contributed by atoms with Crippen molar-refractivity contribution in [2.45, 2.75) is 109 Å². The second kappa shape index (κ2) is 25.8. The molecule has 392 valence electrons. The van der Waals surface area contributed by atoms with Crippen LogP contribution in [-0.2, 0) is 67.6 Å². The second-order valence-electron chi connectivity index (χ2n) is 20.0. The highest BCUT2D eigenvalue weighted by Gasteiger charge is 2.41. The van der Waals surface area contributed by atoms with Gasteiger partial charge in [0.15, 0.2) is 8.32 Å². The number of hydrogen-bond acceptors (Lipinski definition) is 10. The van der Waals surface area contributed by atoms with Crippen molar-refractivity contribution in [3.63, 3.8) is 0 Å². The van der Waals surface area contributed by atoms with E-state index in [9.17, 15) is 24.3 Å². The van der Waals surface area contributed by atoms with Gasteiger partial charge in [-0.1, -0.05) is 154 Å². The molecular formula is C59H66N4O11Si. The van der Waals surface area contributed by atoms with Gasteiger partial charge in [-0.25, -0.2) is 14.4 Å². The van der Waals surface area contributed by atoms with E-state index in [1.807, 2.05) is 167 Å². The quantitative estimate of drug-likeness (QED) is 0.0514. The minimum Gasteiger partial charge on any atom is -0.489 e. The predicted octanol–water partition coefficient (Wildman–Crippen LogP) is 9.67. The number of benzene rings is 6. The van der Waals surface area contributed by atoms with Crippen molar-refractivity contribution in [1.82, 2.24) is 21.3 Å². The van der Waals surface area contributed by atoms with Crippen LogP contribution in [-0.4, -0.2) is 74.2 Å². The molecule has 4 bridgehead atoms. The molecule has 0 unspecified atom stereocenters. The van der Waals surface area contributed by atoms with E-state index >= 15 is 4.79 Å². The molecule has 15 nitrogen and oxygen atoms in total. The number of nitrogens with one attached hydrogen (secondary N) is 4. The van der Waals surface area contributed by atoms with Gasteiger partial charge in [0.2, 0.25) is 11.8 Å². The van der Waals surface area contributed by atoms with E-state index in [-0.39, 0.29) is 57.3 Å². The van der Waals surface area contributed by atoms with Gasteiger partial charge in [0, 0.05) is 25.8 Å². The van der Waals surface area contributed by atoms with Crippen LogP contribution in [0.5, 0.6) is 11.5 Å². The number of rotatable bonds is 18. The summed E-state index contributed by atoms with van der Waals surface area (Å²) >= 11 is 0. The first kappa shape index (κ1) is 54.8. The number of hydrogen-bond donors (Lipinski definition) is 5. The van der Waals surface area contributed by atoms with Gasteiger partial charge in [-0.15, -0.1) is 0 Å². The van der Waals surface area contributed by atoms with Crippen LogP contribution >= 0.6 is 0 Å². The molecule has 4 atom stereocenters. The lowest BCUT2D eigenvalue weighted by molar-refractivity contribution is -0.142. The minimum atomic E-state index is -2.69. The van der Waals surface area contributed by atoms with E-state index in [1.54, 1.807) is 24.3 Å². The number of ether oxygens (including phenoxy) is 4. The maximum absolute atomic E-state index is 15.1. The molecule has 0 saturated carbocycles. The molecule has 0 saturated heterocycles. The normalized spacial score (nSPS) is 16.4. The lowest BCUT2D eigenvalue weighted by Crippen LogP contribution is -2.58. The Morgan fingerprint density at radius 3 is 1.53 bits per heavy atom. The van der Waals surface area contributed by atoms with Crippen LogP contribution in [0, 0.1) is 0 Å². The molecule has 6 aromatic rings. The van der Waals surface area contributed by atoms with Crippen LogP contribution in [0.1, 0.15) is 60.6 Å². The second-order valence-corrected chi connectivity index (χ2v) is 24.8. The van der Waals surface area contributed by atoms with Crippen LogP contribution in [0.3, 0.4) is 0 Å². The van der Waals surface area contributed by atoms with E-state index in [2.05, 4.69) is 21.3 Å². The average Bonchev–Trinajstić information content (AvgIpc) is 3.40. The van der Waals surface area contributed by atoms with E-state index in [0.717, 1.165) is 22.3 Å². The molecular weight excluding hydrogens is 969 g/mol. The topological polar surface area (TPSA) is 200 Å². The summed E-state index contributed by atoms with van der Waals surface area (Å²) in [5.41, 5.74) is 5.70. The van der Waals surface area contributed by atoms with Gasteiger partial charge in [-0.05, 0) is 86.9 Å². The Morgan fingerprint density at radius 1 is 0.613 bits per heavy atom. The zero-order valence-corrected chi connectivity index (χ0v) is 44.0. The van der Waals surface area contributed by atoms with Gasteiger partial charge in [-0.2, -0.15) is 0 Å². The van der Waals surface area contributed by atoms with Crippen molar-refractivity contribution >= 4 is 38.3 Å². The molecule has 0 aromatic heterocycles. The fourth-order valence-corrected chi connectivity index (χ4v) is 9.49. The Morgan fingerprint density at radius 2 is 1.07 bits per heavy atom. The number of alkyl carbamates (subject to hydrolysis) is 2. The van der Waals surface area contributed by atoms with Crippen molar-refractivity contribution in [1.29, 1.82) is 0 Å². The fourth-order valence-electron chi connectivity index (χ4n) is 8.12. The molecule has 75 heavy (non-hydrogen) atoms. The molecule has 6 aromatic carbocycles. The summed E-state index contributed by atoms with van der Waals surface area (Å²) in [6.45, 7) is 10.3. The summed E-state index contributed by atoms with van der Waals surface area (Å²) in [5.74, 6) is -2.13. The molecule has 1 aliphatic rings. The largest absolute Gasteiger partial charge is 0.489 e. The first-order chi connectivity index (χ1) is 36.0. The lowest BCUT2D eigenvalue weighted by atomic mass is 9.95. The van der Waals surface area contributed by atoms with Crippen LogP contribution in [0.4, 0.5) is 9.59 Å². The van der Waals surface area contributed by atoms with E-state index in [4.69, 9.17) is 23.4 Å². The SMILES string of the molecule is CC(C)(C)[Si](C)(C)O[C@@H](CNC(=O)OCc1ccccc1)C[C@@H]1NC(=O)[C@@H](NC(=O)OCc2ccccc2)Cc2cc(ccc2OCc2ccccc2)-c2ccc(OCc3ccccc3)c(c2)C[C@@H](C(=O)O)NC1=O. The Kier molecular flexibility index (Phi) is 18.9. The molecule has 7 rings (SSSR count). The van der Waals surface area contributed by atoms with E-state index < -0.39 is 62.5 Å². The predicted molar refractivity (Wildman–Crippen MR) is 287 cm³/mol. The third kappa shape index (κ3) is 16.3. The Hall–Kier alpha value is -7.95. The van der Waals surface area contributed by atoms with Crippen LogP contribution in [0.2, 0.25) is 18.1 Å². The van der Waals surface area contributed by atoms with E-state index in [1.165, 1.54) is 0 Å². The fraction of sp³-hybridized carbons (Fsp3) is 0.305. The first-order valence-corrected chi connectivity index (χ1v) is 27.9. The summed E-state index contributed by atoms with van der Waals surface area (Å²) in [7, 11) is -2.69. The van der Waals surface area contributed by atoms with Crippen molar-refractivity contribution < 1.29 is 52.5 Å². The highest BCUT2D eigenvalue weighted by molar-refractivity contribution is 6.74. The van der Waals surface area contributed by atoms with Crippen molar-refractivity contribution in [2.75, 3.05) is 6.54 Å². The molecule has 4 amide bonds. The zero-order chi connectivity index (χ0) is 53.4. The third-order valence-electron chi connectivity index (χ3n) is 13.3. The summed E-state index contributed by atoms with van der Waals surface area (Å²) in [6.07, 6.45) is -3.13. The summed E-state index contributed by atoms with van der Waals surface area (Å²) in [5, 5.41) is 21.6. The number of carbonyl (C=O) groups excluding carboxylic acids is 4. The van der Waals surface area contributed by atoms with Crippen molar-refractivity contribution in [3.8, 4) is 22.6 Å². The van der Waals surface area contributed by atoms with Gasteiger partial charge in [0.05, 0.1) is 6.10 Å². The molecule has 1 heterocycles. The molecule has 5 N–H and O–H groups in total. The van der Waals surface area contributed by atoms with Crippen LogP contribution in [0.15, 0.2) is 158 Å². The van der Waals surface area contributed by atoms with E-state index in [0.29, 0.717) is 33.8 Å². The minimum absolute atomic E-state index is 0.00407. The van der Waals surface area contributed by atoms with Gasteiger partial charge in [0.25, 0.3) is 0 Å². The maximum atomic E-state index is 15.1. The van der Waals surface area contributed by atoms with Crippen molar-refractivity contribution in [2.24, 2.45) is 0 Å². The Labute approximate surface area is 439 Å². The number of amides is 4. The number of fused-ring (bicyclic) bond motifs is 5. The summed E-state index contributed by atoms with van der Waals surface area (Å²) < 4.78 is 30.8. The Bertz CT molecular complexity index is 2870. The number of carboxylic acids is 1. The maximum Gasteiger partial charge on any atom is 0.408 e. The molecule has 0 spiro atoms. The highest BCUT2D eigenvalue weighted by Crippen LogP contribution is 2.38. The lowest BCUT2D eigenvalue weighted by Gasteiger charge is -2.40. The smallest absolute Gasteiger partial charge is 0.408 e. The standard InChI is InChI=1S/C59H66N4O11Si/c1-59(2,3)75(4,5)74-48(35-60-57(68)72-38-42-22-14-8-15-23-42)34-50-55(65)62-51(56(66)67)33-47-31-45(27-29-53(47)71-37-41-20-12-7-13-21-41)44-26-28-52(70-36-40-18-10-6-11-19-40)46(30-44)32-49(54(64)61-50)63-58(69)73-39-43-24-16-9-17-25-43/h6-31,48-51H,32-39H2,1-5H3,(H,60,68)(H,61,64)(H,62,65)(H,63,69)(H,66,67)/t48-,49+,50+,51+/m1/s1. The summed E-state index contributed by atoms with van der Waals surface area (Å²) in [4.78, 5) is 70.3. The number of aliphatic carboxylic acids is 1. The van der Waals surface area contributed by atoms with Crippen LogP contribution in [0.25, 0.3) is 11.1 Å². The monoisotopic (exact) mass is 1030 g/mol. The zero-order valence-electron chi connectivity index (χ0n) is 43.0. The molecule has 0 fully saturated rings. The third-order valence-corrected chi connectivity index (χ3v) is 17.8. The van der Waals surface area contributed by atoms with Gasteiger partial charge in [0.1, 0.15) is 56.1 Å². The first-order valence-electron chi connectivity index (χ1n) is 25.0. The molecule has 0 aliphatic carbocycles. The van der Waals surface area contributed by atoms with Gasteiger partial charge < -0.3 is 49.7 Å². The van der Waals surface area contributed by atoms with Crippen molar-refractivity contribution in [3.05, 3.63) is 191 Å². The molecule has 16 heteroatoms.